The van der Waals surface area contributed by atoms with E-state index in [0.717, 1.165) is 5.56 Å². The van der Waals surface area contributed by atoms with Gasteiger partial charge < -0.3 is 10.2 Å². The summed E-state index contributed by atoms with van der Waals surface area (Å²) in [5.74, 6) is -3.05. The molecular weight excluding hydrogens is 430 g/mol. The molecule has 1 fully saturated rings. The smallest absolute Gasteiger partial charge is 0.289 e. The number of halogens is 3. The van der Waals surface area contributed by atoms with Crippen LogP contribution in [0.15, 0.2) is 53.4 Å². The maximum Gasteiger partial charge on any atom is 0.289 e. The van der Waals surface area contributed by atoms with E-state index in [2.05, 4.69) is 5.32 Å². The molecule has 0 spiro atoms. The van der Waals surface area contributed by atoms with Crippen LogP contribution in [0.5, 0.6) is 0 Å². The Morgan fingerprint density at radius 2 is 1.80 bits per heavy atom. The highest BCUT2D eigenvalue weighted by molar-refractivity contribution is 7.99. The van der Waals surface area contributed by atoms with Gasteiger partial charge in [-0.05, 0) is 37.0 Å². The maximum absolute atomic E-state index is 12.8. The van der Waals surface area contributed by atoms with Gasteiger partial charge in [0, 0.05) is 25.4 Å². The molecule has 0 radical (unpaired) electrons. The number of anilines is 1. The number of aryl methyl sites for hydroxylation is 1. The first-order chi connectivity index (χ1) is 14.4. The number of benzene rings is 2. The van der Waals surface area contributed by atoms with Crippen molar-refractivity contribution in [3.05, 3.63) is 59.1 Å². The van der Waals surface area contributed by atoms with E-state index in [1.54, 1.807) is 17.0 Å². The number of rotatable bonds is 7. The predicted molar refractivity (Wildman–Crippen MR) is 116 cm³/mol. The summed E-state index contributed by atoms with van der Waals surface area (Å²) in [6.07, 6.45) is 2.22. The first-order valence-corrected chi connectivity index (χ1v) is 11.1. The molecule has 0 bridgehead atoms. The number of amides is 2. The first-order valence-electron chi connectivity index (χ1n) is 9.80. The standard InChI is InChI=1S/C22H23ClF2N2O2S/c23-17-7-4-8-18(20(17)30-22(24)25)26-21(29)16-11-13-27(14-12-16)19(28)10-9-15-5-2-1-3-6-15/h1-8,16,22H,9-14H2,(H,26,29). The fraction of sp³-hybridized carbons (Fsp3) is 0.364. The van der Waals surface area contributed by atoms with Crippen molar-refractivity contribution < 1.29 is 18.4 Å². The van der Waals surface area contributed by atoms with Crippen LogP contribution in [0.1, 0.15) is 24.8 Å². The molecule has 0 atom stereocenters. The molecule has 4 nitrogen and oxygen atoms in total. The Hall–Kier alpha value is -2.12. The van der Waals surface area contributed by atoms with Gasteiger partial charge in [0.25, 0.3) is 5.76 Å². The zero-order valence-electron chi connectivity index (χ0n) is 16.3. The summed E-state index contributed by atoms with van der Waals surface area (Å²) >= 11 is 6.34. The summed E-state index contributed by atoms with van der Waals surface area (Å²) in [5.41, 5.74) is 1.42. The van der Waals surface area contributed by atoms with Crippen molar-refractivity contribution in [2.45, 2.75) is 36.3 Å². The van der Waals surface area contributed by atoms with Crippen LogP contribution in [0.4, 0.5) is 14.5 Å². The van der Waals surface area contributed by atoms with Crippen LogP contribution in [0.3, 0.4) is 0 Å². The van der Waals surface area contributed by atoms with Gasteiger partial charge in [-0.15, -0.1) is 0 Å². The normalized spacial score (nSPS) is 14.7. The van der Waals surface area contributed by atoms with Crippen molar-refractivity contribution in [1.29, 1.82) is 0 Å². The van der Waals surface area contributed by atoms with Crippen molar-refractivity contribution in [1.82, 2.24) is 4.90 Å². The number of nitrogens with zero attached hydrogens (tertiary/aromatic N) is 1. The lowest BCUT2D eigenvalue weighted by Gasteiger charge is -2.31. The zero-order chi connectivity index (χ0) is 21.5. The number of hydrogen-bond acceptors (Lipinski definition) is 3. The van der Waals surface area contributed by atoms with E-state index in [0.29, 0.717) is 56.2 Å². The van der Waals surface area contributed by atoms with Gasteiger partial charge in [0.05, 0.1) is 15.6 Å². The number of nitrogens with one attached hydrogen (secondary N) is 1. The Bertz CT molecular complexity index is 875. The van der Waals surface area contributed by atoms with Crippen molar-refractivity contribution in [2.75, 3.05) is 18.4 Å². The summed E-state index contributed by atoms with van der Waals surface area (Å²) in [7, 11) is 0. The van der Waals surface area contributed by atoms with Gasteiger partial charge in [0.2, 0.25) is 11.8 Å². The lowest BCUT2D eigenvalue weighted by atomic mass is 9.95. The largest absolute Gasteiger partial charge is 0.343 e. The molecule has 2 amide bonds. The molecule has 2 aromatic carbocycles. The lowest BCUT2D eigenvalue weighted by molar-refractivity contribution is -0.134. The van der Waals surface area contributed by atoms with E-state index in [-0.39, 0.29) is 27.7 Å². The summed E-state index contributed by atoms with van der Waals surface area (Å²) in [6, 6.07) is 14.5. The Labute approximate surface area is 184 Å². The van der Waals surface area contributed by atoms with Crippen LogP contribution in [-0.2, 0) is 16.0 Å². The minimum absolute atomic E-state index is 0.0863. The first kappa shape index (κ1) is 22.6. The Morgan fingerprint density at radius 3 is 2.47 bits per heavy atom. The molecule has 0 aliphatic carbocycles. The molecule has 0 saturated carbocycles. The molecule has 3 rings (SSSR count). The highest BCUT2D eigenvalue weighted by Crippen LogP contribution is 2.38. The monoisotopic (exact) mass is 452 g/mol. The van der Waals surface area contributed by atoms with E-state index in [9.17, 15) is 18.4 Å². The van der Waals surface area contributed by atoms with E-state index < -0.39 is 5.76 Å². The van der Waals surface area contributed by atoms with Crippen LogP contribution in [0.25, 0.3) is 0 Å². The summed E-state index contributed by atoms with van der Waals surface area (Å²) in [6.45, 7) is 1.03. The number of carbonyl (C=O) groups excluding carboxylic acids is 2. The van der Waals surface area contributed by atoms with Gasteiger partial charge in [-0.3, -0.25) is 9.59 Å². The number of likely N-dealkylation sites (tertiary alicyclic amines) is 1. The molecule has 0 unspecified atom stereocenters. The quantitative estimate of drug-likeness (QED) is 0.567. The number of thioether (sulfide) groups is 1. The Morgan fingerprint density at radius 1 is 1.10 bits per heavy atom. The third-order valence-electron chi connectivity index (χ3n) is 5.12. The number of carbonyl (C=O) groups is 2. The van der Waals surface area contributed by atoms with Crippen LogP contribution in [0.2, 0.25) is 5.02 Å². The number of piperidine rings is 1. The molecule has 30 heavy (non-hydrogen) atoms. The fourth-order valence-corrected chi connectivity index (χ4v) is 4.41. The van der Waals surface area contributed by atoms with Crippen molar-refractivity contribution in [3.8, 4) is 0 Å². The predicted octanol–water partition coefficient (Wildman–Crippen LogP) is 5.46. The van der Waals surface area contributed by atoms with Crippen molar-refractivity contribution in [3.63, 3.8) is 0 Å². The molecule has 2 aromatic rings. The van der Waals surface area contributed by atoms with Gasteiger partial charge in [-0.1, -0.05) is 59.8 Å². The minimum atomic E-state index is -2.63. The summed E-state index contributed by atoms with van der Waals surface area (Å²) < 4.78 is 25.6. The number of alkyl halides is 2. The second kappa shape index (κ2) is 10.8. The maximum atomic E-state index is 12.8. The molecule has 1 aliphatic rings. The van der Waals surface area contributed by atoms with E-state index in [4.69, 9.17) is 11.6 Å². The molecule has 1 aliphatic heterocycles. The molecule has 1 heterocycles. The fourth-order valence-electron chi connectivity index (χ4n) is 3.50. The summed E-state index contributed by atoms with van der Waals surface area (Å²) in [4.78, 5) is 27.1. The molecule has 8 heteroatoms. The van der Waals surface area contributed by atoms with Gasteiger partial charge >= 0.3 is 0 Å². The molecule has 160 valence electrons. The van der Waals surface area contributed by atoms with Crippen LogP contribution in [-0.4, -0.2) is 35.6 Å². The molecular formula is C22H23ClF2N2O2S. The Balaban J connectivity index is 1.51. The molecule has 0 aromatic heterocycles. The van der Waals surface area contributed by atoms with E-state index in [1.807, 2.05) is 30.3 Å². The van der Waals surface area contributed by atoms with Gasteiger partial charge in [0.1, 0.15) is 0 Å². The second-order valence-electron chi connectivity index (χ2n) is 7.12. The van der Waals surface area contributed by atoms with Crippen LogP contribution in [0, 0.1) is 5.92 Å². The average molecular weight is 453 g/mol. The number of hydrogen-bond donors (Lipinski definition) is 1. The van der Waals surface area contributed by atoms with Crippen LogP contribution < -0.4 is 5.32 Å². The van der Waals surface area contributed by atoms with Gasteiger partial charge in [-0.2, -0.15) is 8.78 Å². The van der Waals surface area contributed by atoms with Gasteiger partial charge in [0.15, 0.2) is 0 Å². The van der Waals surface area contributed by atoms with Crippen molar-refractivity contribution >= 4 is 40.9 Å². The Kier molecular flexibility index (Phi) is 8.10. The highest BCUT2D eigenvalue weighted by Gasteiger charge is 2.28. The summed E-state index contributed by atoms with van der Waals surface area (Å²) in [5, 5.41) is 2.91. The van der Waals surface area contributed by atoms with Gasteiger partial charge in [-0.25, -0.2) is 0 Å². The minimum Gasteiger partial charge on any atom is -0.343 e. The third kappa shape index (κ3) is 6.19. The second-order valence-corrected chi connectivity index (χ2v) is 8.53. The van der Waals surface area contributed by atoms with E-state index in [1.165, 1.54) is 6.07 Å². The third-order valence-corrected chi connectivity index (χ3v) is 6.40. The zero-order valence-corrected chi connectivity index (χ0v) is 17.9. The topological polar surface area (TPSA) is 49.4 Å². The lowest BCUT2D eigenvalue weighted by Crippen LogP contribution is -2.41. The molecule has 1 N–H and O–H groups in total. The van der Waals surface area contributed by atoms with Crippen LogP contribution >= 0.6 is 23.4 Å². The average Bonchev–Trinajstić information content (AvgIpc) is 2.75. The molecule has 1 saturated heterocycles. The van der Waals surface area contributed by atoms with Crippen molar-refractivity contribution in [2.24, 2.45) is 5.92 Å². The van der Waals surface area contributed by atoms with E-state index >= 15 is 0 Å². The highest BCUT2D eigenvalue weighted by atomic mass is 35.5. The SMILES string of the molecule is O=C(Nc1cccc(Cl)c1SC(F)F)C1CCN(C(=O)CCc2ccccc2)CC1.